The van der Waals surface area contributed by atoms with Crippen LogP contribution >= 0.6 is 0 Å². The SMILES string of the molecule is CCCCOCCNCCOc1cccc(C(C)(C)C)c1. The molecule has 3 nitrogen and oxygen atoms in total. The van der Waals surface area contributed by atoms with Gasteiger partial charge in [0.05, 0.1) is 6.61 Å². The van der Waals surface area contributed by atoms with Crippen LogP contribution in [0.1, 0.15) is 46.1 Å². The van der Waals surface area contributed by atoms with Gasteiger partial charge in [-0.05, 0) is 29.5 Å². The zero-order valence-corrected chi connectivity index (χ0v) is 14.1. The lowest BCUT2D eigenvalue weighted by atomic mass is 9.87. The average molecular weight is 293 g/mol. The van der Waals surface area contributed by atoms with Crippen LogP contribution in [0.2, 0.25) is 0 Å². The molecule has 0 aliphatic heterocycles. The first kappa shape index (κ1) is 18.0. The molecule has 1 N–H and O–H groups in total. The minimum absolute atomic E-state index is 0.160. The van der Waals surface area contributed by atoms with Gasteiger partial charge >= 0.3 is 0 Å². The van der Waals surface area contributed by atoms with E-state index in [2.05, 4.69) is 51.2 Å². The van der Waals surface area contributed by atoms with Crippen molar-refractivity contribution in [3.8, 4) is 5.75 Å². The summed E-state index contributed by atoms with van der Waals surface area (Å²) in [5.74, 6) is 0.948. The molecule has 0 bridgehead atoms. The number of hydrogen-bond donors (Lipinski definition) is 1. The number of unbranched alkanes of at least 4 members (excludes halogenated alkanes) is 1. The van der Waals surface area contributed by atoms with Crippen molar-refractivity contribution in [2.45, 2.75) is 46.0 Å². The molecule has 0 saturated heterocycles. The molecule has 0 unspecified atom stereocenters. The van der Waals surface area contributed by atoms with E-state index in [9.17, 15) is 0 Å². The molecule has 0 spiro atoms. The molecule has 0 aliphatic rings. The van der Waals surface area contributed by atoms with E-state index in [1.807, 2.05) is 6.07 Å². The summed E-state index contributed by atoms with van der Waals surface area (Å²) in [5.41, 5.74) is 1.46. The van der Waals surface area contributed by atoms with Crippen molar-refractivity contribution in [3.05, 3.63) is 29.8 Å². The summed E-state index contributed by atoms with van der Waals surface area (Å²) in [5, 5.41) is 3.33. The van der Waals surface area contributed by atoms with Crippen molar-refractivity contribution in [3.63, 3.8) is 0 Å². The highest BCUT2D eigenvalue weighted by atomic mass is 16.5. The molecule has 0 fully saturated rings. The predicted molar refractivity (Wildman–Crippen MR) is 89.2 cm³/mol. The Balaban J connectivity index is 2.13. The van der Waals surface area contributed by atoms with E-state index in [4.69, 9.17) is 9.47 Å². The fraction of sp³-hybridized carbons (Fsp3) is 0.667. The van der Waals surface area contributed by atoms with Crippen LogP contribution in [-0.4, -0.2) is 32.9 Å². The van der Waals surface area contributed by atoms with Gasteiger partial charge in [-0.1, -0.05) is 46.2 Å². The van der Waals surface area contributed by atoms with E-state index in [0.717, 1.165) is 38.5 Å². The molecule has 0 saturated carbocycles. The molecule has 21 heavy (non-hydrogen) atoms. The van der Waals surface area contributed by atoms with Gasteiger partial charge in [0.25, 0.3) is 0 Å². The smallest absolute Gasteiger partial charge is 0.119 e. The topological polar surface area (TPSA) is 30.5 Å². The van der Waals surface area contributed by atoms with E-state index >= 15 is 0 Å². The first-order valence-corrected chi connectivity index (χ1v) is 8.06. The van der Waals surface area contributed by atoms with Crippen molar-refractivity contribution in [1.82, 2.24) is 5.32 Å². The normalized spacial score (nSPS) is 11.6. The van der Waals surface area contributed by atoms with Crippen molar-refractivity contribution in [2.75, 3.05) is 32.9 Å². The molecule has 0 radical (unpaired) electrons. The van der Waals surface area contributed by atoms with Crippen molar-refractivity contribution in [2.24, 2.45) is 0 Å². The summed E-state index contributed by atoms with van der Waals surface area (Å²) < 4.78 is 11.3. The van der Waals surface area contributed by atoms with Crippen molar-refractivity contribution >= 4 is 0 Å². The van der Waals surface area contributed by atoms with Gasteiger partial charge in [-0.25, -0.2) is 0 Å². The second kappa shape index (κ2) is 9.80. The summed E-state index contributed by atoms with van der Waals surface area (Å²) >= 11 is 0. The molecule has 1 aromatic carbocycles. The van der Waals surface area contributed by atoms with E-state index in [0.29, 0.717) is 6.61 Å². The summed E-state index contributed by atoms with van der Waals surface area (Å²) in [7, 11) is 0. The third-order valence-electron chi connectivity index (χ3n) is 3.31. The third kappa shape index (κ3) is 8.08. The Morgan fingerprint density at radius 2 is 1.81 bits per heavy atom. The number of benzene rings is 1. The lowest BCUT2D eigenvalue weighted by Crippen LogP contribution is -2.25. The quantitative estimate of drug-likeness (QED) is 0.666. The third-order valence-corrected chi connectivity index (χ3v) is 3.31. The fourth-order valence-electron chi connectivity index (χ4n) is 1.91. The van der Waals surface area contributed by atoms with Crippen LogP contribution in [0.25, 0.3) is 0 Å². The number of nitrogens with one attached hydrogen (secondary N) is 1. The molecule has 0 heterocycles. The minimum Gasteiger partial charge on any atom is -0.492 e. The molecule has 3 heteroatoms. The lowest BCUT2D eigenvalue weighted by Gasteiger charge is -2.19. The van der Waals surface area contributed by atoms with E-state index in [-0.39, 0.29) is 5.41 Å². The molecule has 0 amide bonds. The fourth-order valence-corrected chi connectivity index (χ4v) is 1.91. The minimum atomic E-state index is 0.160. The molecule has 0 aliphatic carbocycles. The average Bonchev–Trinajstić information content (AvgIpc) is 2.45. The zero-order chi connectivity index (χ0) is 15.6. The first-order chi connectivity index (χ1) is 10.0. The van der Waals surface area contributed by atoms with Gasteiger partial charge in [0.1, 0.15) is 12.4 Å². The molecule has 0 aromatic heterocycles. The van der Waals surface area contributed by atoms with Gasteiger partial charge < -0.3 is 14.8 Å². The van der Waals surface area contributed by atoms with Crippen LogP contribution in [0.5, 0.6) is 5.75 Å². The van der Waals surface area contributed by atoms with Crippen LogP contribution < -0.4 is 10.1 Å². The summed E-state index contributed by atoms with van der Waals surface area (Å²) in [6.45, 7) is 12.9. The van der Waals surface area contributed by atoms with E-state index in [1.54, 1.807) is 0 Å². The van der Waals surface area contributed by atoms with Crippen LogP contribution in [0.3, 0.4) is 0 Å². The number of hydrogen-bond acceptors (Lipinski definition) is 3. The van der Waals surface area contributed by atoms with Crippen LogP contribution in [-0.2, 0) is 10.2 Å². The Hall–Kier alpha value is -1.06. The maximum absolute atomic E-state index is 5.78. The summed E-state index contributed by atoms with van der Waals surface area (Å²) in [4.78, 5) is 0. The van der Waals surface area contributed by atoms with Gasteiger partial charge in [0.15, 0.2) is 0 Å². The molecule has 1 aromatic rings. The molecule has 120 valence electrons. The van der Waals surface area contributed by atoms with Gasteiger partial charge in [0.2, 0.25) is 0 Å². The highest BCUT2D eigenvalue weighted by Crippen LogP contribution is 2.25. The Kier molecular flexibility index (Phi) is 8.40. The molecule has 1 rings (SSSR count). The van der Waals surface area contributed by atoms with Gasteiger partial charge in [-0.2, -0.15) is 0 Å². The Morgan fingerprint density at radius 3 is 2.52 bits per heavy atom. The predicted octanol–water partition coefficient (Wildman–Crippen LogP) is 3.77. The monoisotopic (exact) mass is 293 g/mol. The van der Waals surface area contributed by atoms with Crippen LogP contribution in [0.15, 0.2) is 24.3 Å². The Bertz CT molecular complexity index is 385. The van der Waals surface area contributed by atoms with Gasteiger partial charge in [-0.3, -0.25) is 0 Å². The van der Waals surface area contributed by atoms with Gasteiger partial charge in [0, 0.05) is 19.7 Å². The van der Waals surface area contributed by atoms with Crippen molar-refractivity contribution in [1.29, 1.82) is 0 Å². The number of rotatable bonds is 10. The lowest BCUT2D eigenvalue weighted by molar-refractivity contribution is 0.132. The van der Waals surface area contributed by atoms with Crippen molar-refractivity contribution < 1.29 is 9.47 Å². The first-order valence-electron chi connectivity index (χ1n) is 8.06. The maximum atomic E-state index is 5.78. The second-order valence-corrected chi connectivity index (χ2v) is 6.34. The van der Waals surface area contributed by atoms with Crippen LogP contribution in [0.4, 0.5) is 0 Å². The Labute approximate surface area is 130 Å². The standard InChI is InChI=1S/C18H31NO2/c1-5-6-12-20-13-10-19-11-14-21-17-9-7-8-16(15-17)18(2,3)4/h7-9,15,19H,5-6,10-14H2,1-4H3. The molecular weight excluding hydrogens is 262 g/mol. The van der Waals surface area contributed by atoms with Gasteiger partial charge in [-0.15, -0.1) is 0 Å². The maximum Gasteiger partial charge on any atom is 0.119 e. The number of ether oxygens (including phenoxy) is 2. The second-order valence-electron chi connectivity index (χ2n) is 6.34. The highest BCUT2D eigenvalue weighted by molar-refractivity contribution is 5.32. The Morgan fingerprint density at radius 1 is 1.05 bits per heavy atom. The zero-order valence-electron chi connectivity index (χ0n) is 14.1. The highest BCUT2D eigenvalue weighted by Gasteiger charge is 2.13. The largest absolute Gasteiger partial charge is 0.492 e. The van der Waals surface area contributed by atoms with E-state index < -0.39 is 0 Å². The van der Waals surface area contributed by atoms with E-state index in [1.165, 1.54) is 12.0 Å². The summed E-state index contributed by atoms with van der Waals surface area (Å²) in [6.07, 6.45) is 2.34. The summed E-state index contributed by atoms with van der Waals surface area (Å²) in [6, 6.07) is 8.36. The molecule has 0 atom stereocenters. The molecular formula is C18H31NO2. The van der Waals surface area contributed by atoms with Crippen LogP contribution in [0, 0.1) is 0 Å².